The van der Waals surface area contributed by atoms with E-state index in [4.69, 9.17) is 9.52 Å². The first-order valence-electron chi connectivity index (χ1n) is 8.71. The maximum atomic E-state index is 10.0. The molecule has 0 aliphatic carbocycles. The van der Waals surface area contributed by atoms with Gasteiger partial charge in [-0.25, -0.2) is 4.98 Å². The van der Waals surface area contributed by atoms with Crippen LogP contribution in [0.1, 0.15) is 21.3 Å². The predicted molar refractivity (Wildman–Crippen MR) is 115 cm³/mol. The Morgan fingerprint density at radius 2 is 1.70 bits per heavy atom. The number of pyridine rings is 1. The van der Waals surface area contributed by atoms with Crippen LogP contribution in [0.15, 0.2) is 83.0 Å². The number of oxazole rings is 1. The van der Waals surface area contributed by atoms with Gasteiger partial charge in [0, 0.05) is 31.7 Å². The molecule has 0 saturated heterocycles. The number of rotatable bonds is 3. The van der Waals surface area contributed by atoms with E-state index >= 15 is 0 Å². The molecule has 0 atom stereocenters. The van der Waals surface area contributed by atoms with Gasteiger partial charge in [-0.05, 0) is 37.7 Å². The standard InChI is InChI=1S/C18H11N2O.C5H8O2.CH4.Ir/c1-3-7-13(8-4-1)15-11-12-16-18(19-15)21-17(20-16)14-9-5-2-6-10-14;1-4(6)3-5(2)7;;/h1-7,9-12H;3,6H,1-2H3;1H4;/q-1;;;. The first-order chi connectivity index (χ1) is 13.5. The van der Waals surface area contributed by atoms with Crippen LogP contribution in [0.5, 0.6) is 0 Å². The zero-order valence-corrected chi connectivity index (χ0v) is 18.3. The van der Waals surface area contributed by atoms with E-state index < -0.39 is 0 Å². The van der Waals surface area contributed by atoms with Crippen LogP contribution in [-0.2, 0) is 24.9 Å². The SMILES string of the molecule is C.CC(=O)C=C(C)O.[Ir].[c-]1ccccc1-c1ccc2nc(-c3ccccc3)oc2n1. The first-order valence-corrected chi connectivity index (χ1v) is 8.71. The van der Waals surface area contributed by atoms with Gasteiger partial charge in [0.2, 0.25) is 11.6 Å². The third kappa shape index (κ3) is 6.76. The Morgan fingerprint density at radius 1 is 1.00 bits per heavy atom. The molecule has 0 aliphatic heterocycles. The molecule has 0 saturated carbocycles. The number of aliphatic hydroxyl groups excluding tert-OH is 1. The molecule has 0 unspecified atom stereocenters. The van der Waals surface area contributed by atoms with Crippen LogP contribution in [0.2, 0.25) is 0 Å². The molecule has 5 nitrogen and oxygen atoms in total. The molecule has 0 amide bonds. The average molecular weight is 580 g/mol. The molecule has 1 radical (unpaired) electrons. The average Bonchev–Trinajstić information content (AvgIpc) is 3.12. The van der Waals surface area contributed by atoms with Crippen molar-refractivity contribution in [1.82, 2.24) is 9.97 Å². The van der Waals surface area contributed by atoms with Crippen LogP contribution in [0.3, 0.4) is 0 Å². The second-order valence-corrected chi connectivity index (χ2v) is 6.08. The Hall–Kier alpha value is -3.08. The fourth-order valence-electron chi connectivity index (χ4n) is 2.52. The van der Waals surface area contributed by atoms with E-state index in [1.165, 1.54) is 19.9 Å². The van der Waals surface area contributed by atoms with Gasteiger partial charge in [-0.2, -0.15) is 0 Å². The van der Waals surface area contributed by atoms with Crippen molar-refractivity contribution in [2.24, 2.45) is 0 Å². The van der Waals surface area contributed by atoms with Crippen LogP contribution in [-0.4, -0.2) is 20.9 Å². The van der Waals surface area contributed by atoms with Gasteiger partial charge in [0.1, 0.15) is 5.52 Å². The smallest absolute Gasteiger partial charge is 0.238 e. The predicted octanol–water partition coefficient (Wildman–Crippen LogP) is 6.03. The summed E-state index contributed by atoms with van der Waals surface area (Å²) >= 11 is 0. The maximum absolute atomic E-state index is 10.0. The zero-order chi connectivity index (χ0) is 19.9. The van der Waals surface area contributed by atoms with Crippen LogP contribution in [0, 0.1) is 6.07 Å². The number of allylic oxidation sites excluding steroid dienone is 2. The minimum atomic E-state index is -0.125. The number of ketones is 1. The number of benzene rings is 2. The summed E-state index contributed by atoms with van der Waals surface area (Å²) in [6.45, 7) is 2.85. The number of carbonyl (C=O) groups is 1. The normalized spacial score (nSPS) is 10.3. The summed E-state index contributed by atoms with van der Waals surface area (Å²) in [6.07, 6.45) is 1.17. The molecule has 6 heteroatoms. The molecule has 2 heterocycles. The molecule has 0 fully saturated rings. The van der Waals surface area contributed by atoms with Crippen LogP contribution < -0.4 is 0 Å². The molecule has 30 heavy (non-hydrogen) atoms. The molecule has 2 aromatic heterocycles. The number of hydrogen-bond donors (Lipinski definition) is 1. The molecular weight excluding hydrogens is 556 g/mol. The summed E-state index contributed by atoms with van der Waals surface area (Å²) in [7, 11) is 0. The Kier molecular flexibility index (Phi) is 9.82. The van der Waals surface area contributed by atoms with E-state index in [1.54, 1.807) is 0 Å². The first kappa shape index (κ1) is 25.0. The summed E-state index contributed by atoms with van der Waals surface area (Å²) < 4.78 is 5.78. The van der Waals surface area contributed by atoms with Gasteiger partial charge in [0.15, 0.2) is 5.78 Å². The van der Waals surface area contributed by atoms with E-state index in [9.17, 15) is 4.79 Å². The van der Waals surface area contributed by atoms with Gasteiger partial charge < -0.3 is 9.52 Å². The number of fused-ring (bicyclic) bond motifs is 1. The molecule has 4 aromatic rings. The summed E-state index contributed by atoms with van der Waals surface area (Å²) in [5.41, 5.74) is 4.02. The fraction of sp³-hybridized carbons (Fsp3) is 0.125. The Balaban J connectivity index is 0.000000439. The van der Waals surface area contributed by atoms with E-state index in [0.29, 0.717) is 11.6 Å². The molecule has 4 rings (SSSR count). The molecule has 2 aromatic carbocycles. The van der Waals surface area contributed by atoms with Crippen molar-refractivity contribution in [1.29, 1.82) is 0 Å². The van der Waals surface area contributed by atoms with E-state index in [-0.39, 0.29) is 39.1 Å². The molecule has 0 bridgehead atoms. The van der Waals surface area contributed by atoms with Crippen molar-refractivity contribution < 1.29 is 34.4 Å². The zero-order valence-electron chi connectivity index (χ0n) is 15.9. The van der Waals surface area contributed by atoms with Crippen LogP contribution in [0.25, 0.3) is 33.9 Å². The van der Waals surface area contributed by atoms with Crippen molar-refractivity contribution in [3.05, 3.63) is 84.6 Å². The molecule has 0 spiro atoms. The van der Waals surface area contributed by atoms with Crippen molar-refractivity contribution in [2.45, 2.75) is 21.3 Å². The van der Waals surface area contributed by atoms with Gasteiger partial charge in [-0.1, -0.05) is 31.7 Å². The van der Waals surface area contributed by atoms with Crippen LogP contribution in [0.4, 0.5) is 0 Å². The molecule has 1 N–H and O–H groups in total. The van der Waals surface area contributed by atoms with Gasteiger partial charge in [-0.15, -0.1) is 35.9 Å². The molecular formula is C24H23IrN2O3-. The van der Waals surface area contributed by atoms with Crippen molar-refractivity contribution >= 4 is 17.0 Å². The number of nitrogens with zero attached hydrogens (tertiary/aromatic N) is 2. The second-order valence-electron chi connectivity index (χ2n) is 6.08. The van der Waals surface area contributed by atoms with E-state index in [1.807, 2.05) is 66.7 Å². The largest absolute Gasteiger partial charge is 0.512 e. The Morgan fingerprint density at radius 3 is 2.27 bits per heavy atom. The minimum Gasteiger partial charge on any atom is -0.512 e. The maximum Gasteiger partial charge on any atom is 0.238 e. The number of carbonyl (C=O) groups excluding carboxylic acids is 1. The van der Waals surface area contributed by atoms with Crippen molar-refractivity contribution in [2.75, 3.05) is 0 Å². The third-order valence-electron chi connectivity index (χ3n) is 3.67. The monoisotopic (exact) mass is 580 g/mol. The van der Waals surface area contributed by atoms with Gasteiger partial charge in [-0.3, -0.25) is 9.78 Å². The number of aliphatic hydroxyl groups is 1. The van der Waals surface area contributed by atoms with Crippen LogP contribution >= 0.6 is 0 Å². The topological polar surface area (TPSA) is 76.2 Å². The Bertz CT molecular complexity index is 1070. The molecule has 157 valence electrons. The Labute approximate surface area is 189 Å². The summed E-state index contributed by atoms with van der Waals surface area (Å²) in [5, 5.41) is 8.36. The summed E-state index contributed by atoms with van der Waals surface area (Å²) in [5.74, 6) is 0.528. The molecule has 0 aliphatic rings. The number of hydrogen-bond acceptors (Lipinski definition) is 5. The number of aromatic nitrogens is 2. The summed E-state index contributed by atoms with van der Waals surface area (Å²) in [4.78, 5) is 19.0. The minimum absolute atomic E-state index is 0. The van der Waals surface area contributed by atoms with E-state index in [2.05, 4.69) is 16.0 Å². The van der Waals surface area contributed by atoms with E-state index in [0.717, 1.165) is 22.3 Å². The second kappa shape index (κ2) is 11.8. The van der Waals surface area contributed by atoms with Gasteiger partial charge >= 0.3 is 0 Å². The van der Waals surface area contributed by atoms with Gasteiger partial charge in [0.05, 0.1) is 5.76 Å². The van der Waals surface area contributed by atoms with Crippen molar-refractivity contribution in [3.8, 4) is 22.7 Å². The third-order valence-corrected chi connectivity index (χ3v) is 3.67. The van der Waals surface area contributed by atoms with Crippen molar-refractivity contribution in [3.63, 3.8) is 0 Å². The quantitative estimate of drug-likeness (QED) is 0.182. The fourth-order valence-corrected chi connectivity index (χ4v) is 2.52. The summed E-state index contributed by atoms with van der Waals surface area (Å²) in [6, 6.07) is 24.6. The van der Waals surface area contributed by atoms with Gasteiger partial charge in [0.25, 0.3) is 0 Å².